The van der Waals surface area contributed by atoms with Crippen LogP contribution in [-0.2, 0) is 0 Å². The van der Waals surface area contributed by atoms with Gasteiger partial charge in [0.05, 0.1) is 5.56 Å². The molecule has 0 heterocycles. The standard InChI is InChI=1S/C17H14FNO3/c18-15-7-4-11(9-14(15)17(21)22)10-2-1-3-12(8-10)16(20)19-13-5-6-13/h1-4,7-9,13H,5-6H2,(H,19,20)(H,21,22). The molecule has 1 fully saturated rings. The number of carbonyl (C=O) groups excluding carboxylic acids is 1. The molecule has 2 aromatic carbocycles. The fourth-order valence-electron chi connectivity index (χ4n) is 2.21. The zero-order chi connectivity index (χ0) is 15.7. The van der Waals surface area contributed by atoms with Crippen LogP contribution in [0.2, 0.25) is 0 Å². The van der Waals surface area contributed by atoms with E-state index in [1.807, 2.05) is 0 Å². The molecule has 0 bridgehead atoms. The third kappa shape index (κ3) is 2.98. The van der Waals surface area contributed by atoms with Crippen molar-refractivity contribution >= 4 is 11.9 Å². The van der Waals surface area contributed by atoms with Gasteiger partial charge in [0.1, 0.15) is 5.82 Å². The van der Waals surface area contributed by atoms with Gasteiger partial charge in [-0.3, -0.25) is 4.79 Å². The molecular weight excluding hydrogens is 285 g/mol. The van der Waals surface area contributed by atoms with Gasteiger partial charge >= 0.3 is 5.97 Å². The van der Waals surface area contributed by atoms with Gasteiger partial charge in [-0.2, -0.15) is 0 Å². The van der Waals surface area contributed by atoms with E-state index in [0.29, 0.717) is 16.7 Å². The van der Waals surface area contributed by atoms with Gasteiger partial charge in [-0.1, -0.05) is 18.2 Å². The number of hydrogen-bond acceptors (Lipinski definition) is 2. The number of carboxylic acid groups (broad SMARTS) is 1. The summed E-state index contributed by atoms with van der Waals surface area (Å²) in [5.74, 6) is -2.24. The van der Waals surface area contributed by atoms with E-state index in [2.05, 4.69) is 5.32 Å². The molecule has 0 saturated heterocycles. The maximum absolute atomic E-state index is 13.4. The Morgan fingerprint density at radius 1 is 1.09 bits per heavy atom. The molecule has 1 amide bonds. The van der Waals surface area contributed by atoms with Crippen molar-refractivity contribution in [3.05, 3.63) is 59.4 Å². The van der Waals surface area contributed by atoms with E-state index >= 15 is 0 Å². The van der Waals surface area contributed by atoms with Crippen LogP contribution in [0, 0.1) is 5.82 Å². The number of hydrogen-bond donors (Lipinski definition) is 2. The summed E-state index contributed by atoms with van der Waals surface area (Å²) in [5.41, 5.74) is 1.35. The van der Waals surface area contributed by atoms with E-state index in [4.69, 9.17) is 5.11 Å². The lowest BCUT2D eigenvalue weighted by Gasteiger charge is -2.07. The number of amides is 1. The first-order valence-electron chi connectivity index (χ1n) is 6.99. The van der Waals surface area contributed by atoms with Crippen LogP contribution < -0.4 is 5.32 Å². The zero-order valence-corrected chi connectivity index (χ0v) is 11.7. The molecular formula is C17H14FNO3. The lowest BCUT2D eigenvalue weighted by Crippen LogP contribution is -2.25. The Morgan fingerprint density at radius 2 is 1.82 bits per heavy atom. The fraction of sp³-hybridized carbons (Fsp3) is 0.176. The van der Waals surface area contributed by atoms with Crippen LogP contribution in [0.3, 0.4) is 0 Å². The summed E-state index contributed by atoms with van der Waals surface area (Å²) < 4.78 is 13.4. The van der Waals surface area contributed by atoms with E-state index in [1.165, 1.54) is 12.1 Å². The summed E-state index contributed by atoms with van der Waals surface area (Å²) in [5, 5.41) is 11.9. The van der Waals surface area contributed by atoms with Crippen molar-refractivity contribution in [2.24, 2.45) is 0 Å². The van der Waals surface area contributed by atoms with Crippen molar-refractivity contribution in [3.63, 3.8) is 0 Å². The average Bonchev–Trinajstić information content (AvgIpc) is 3.31. The van der Waals surface area contributed by atoms with Gasteiger partial charge in [0, 0.05) is 11.6 Å². The molecule has 3 rings (SSSR count). The number of halogens is 1. The summed E-state index contributed by atoms with van der Waals surface area (Å²) >= 11 is 0. The van der Waals surface area contributed by atoms with Gasteiger partial charge in [0.15, 0.2) is 0 Å². The maximum Gasteiger partial charge on any atom is 0.338 e. The minimum absolute atomic E-state index is 0.148. The molecule has 5 heteroatoms. The highest BCUT2D eigenvalue weighted by atomic mass is 19.1. The Kier molecular flexibility index (Phi) is 3.63. The Labute approximate surface area is 126 Å². The van der Waals surface area contributed by atoms with Crippen LogP contribution in [-0.4, -0.2) is 23.0 Å². The molecule has 0 aliphatic heterocycles. The number of benzene rings is 2. The summed E-state index contributed by atoms with van der Waals surface area (Å²) in [6, 6.07) is 11.0. The van der Waals surface area contributed by atoms with E-state index in [-0.39, 0.29) is 17.5 Å². The van der Waals surface area contributed by atoms with Crippen molar-refractivity contribution in [1.29, 1.82) is 0 Å². The van der Waals surface area contributed by atoms with Crippen LogP contribution in [0.1, 0.15) is 33.6 Å². The molecule has 0 radical (unpaired) electrons. The summed E-state index contributed by atoms with van der Waals surface area (Å²) in [6.07, 6.45) is 2.01. The second-order valence-electron chi connectivity index (χ2n) is 5.33. The molecule has 1 aliphatic rings. The Hall–Kier alpha value is -2.69. The third-order valence-corrected chi connectivity index (χ3v) is 3.57. The van der Waals surface area contributed by atoms with Crippen molar-refractivity contribution < 1.29 is 19.1 Å². The van der Waals surface area contributed by atoms with Crippen LogP contribution in [0.25, 0.3) is 11.1 Å². The SMILES string of the molecule is O=C(NC1CC1)c1cccc(-c2ccc(F)c(C(=O)O)c2)c1. The molecule has 0 spiro atoms. The van der Waals surface area contributed by atoms with Crippen LogP contribution >= 0.6 is 0 Å². The lowest BCUT2D eigenvalue weighted by atomic mass is 10.0. The number of nitrogens with one attached hydrogen (secondary N) is 1. The van der Waals surface area contributed by atoms with E-state index in [9.17, 15) is 14.0 Å². The predicted octanol–water partition coefficient (Wildman–Crippen LogP) is 3.08. The second-order valence-corrected chi connectivity index (χ2v) is 5.33. The van der Waals surface area contributed by atoms with Crippen molar-refractivity contribution in [1.82, 2.24) is 5.32 Å². The minimum atomic E-state index is -1.32. The number of carbonyl (C=O) groups is 2. The van der Waals surface area contributed by atoms with Crippen molar-refractivity contribution in [3.8, 4) is 11.1 Å². The summed E-state index contributed by atoms with van der Waals surface area (Å²) in [6.45, 7) is 0. The normalized spacial score (nSPS) is 13.7. The highest BCUT2D eigenvalue weighted by molar-refractivity contribution is 5.96. The van der Waals surface area contributed by atoms with E-state index in [1.54, 1.807) is 24.3 Å². The number of aromatic carboxylic acids is 1. The molecule has 112 valence electrons. The third-order valence-electron chi connectivity index (χ3n) is 3.57. The molecule has 4 nitrogen and oxygen atoms in total. The molecule has 0 atom stereocenters. The van der Waals surface area contributed by atoms with E-state index < -0.39 is 11.8 Å². The smallest absolute Gasteiger partial charge is 0.338 e. The highest BCUT2D eigenvalue weighted by Crippen LogP contribution is 2.24. The predicted molar refractivity (Wildman–Crippen MR) is 79.3 cm³/mol. The molecule has 1 saturated carbocycles. The molecule has 2 aromatic rings. The first-order valence-corrected chi connectivity index (χ1v) is 6.99. The summed E-state index contributed by atoms with van der Waals surface area (Å²) in [7, 11) is 0. The first-order chi connectivity index (χ1) is 10.5. The van der Waals surface area contributed by atoms with E-state index in [0.717, 1.165) is 18.9 Å². The molecule has 0 aromatic heterocycles. The molecule has 22 heavy (non-hydrogen) atoms. The first kappa shape index (κ1) is 14.3. The Balaban J connectivity index is 1.93. The lowest BCUT2D eigenvalue weighted by molar-refractivity contribution is 0.0691. The molecule has 2 N–H and O–H groups in total. The maximum atomic E-state index is 13.4. The van der Waals surface area contributed by atoms with Gasteiger partial charge in [0.25, 0.3) is 5.91 Å². The number of carboxylic acids is 1. The van der Waals surface area contributed by atoms with Gasteiger partial charge in [-0.05, 0) is 48.2 Å². The molecule has 1 aliphatic carbocycles. The Bertz CT molecular complexity index is 753. The van der Waals surface area contributed by atoms with Crippen LogP contribution in [0.15, 0.2) is 42.5 Å². The van der Waals surface area contributed by atoms with Crippen molar-refractivity contribution in [2.45, 2.75) is 18.9 Å². The van der Waals surface area contributed by atoms with Crippen molar-refractivity contribution in [2.75, 3.05) is 0 Å². The minimum Gasteiger partial charge on any atom is -0.478 e. The number of rotatable bonds is 4. The highest BCUT2D eigenvalue weighted by Gasteiger charge is 2.23. The van der Waals surface area contributed by atoms with Gasteiger partial charge in [-0.15, -0.1) is 0 Å². The second kappa shape index (κ2) is 5.60. The van der Waals surface area contributed by atoms with Gasteiger partial charge < -0.3 is 10.4 Å². The Morgan fingerprint density at radius 3 is 2.50 bits per heavy atom. The zero-order valence-electron chi connectivity index (χ0n) is 11.7. The average molecular weight is 299 g/mol. The van der Waals surface area contributed by atoms with Crippen LogP contribution in [0.4, 0.5) is 4.39 Å². The molecule has 0 unspecified atom stereocenters. The largest absolute Gasteiger partial charge is 0.478 e. The topological polar surface area (TPSA) is 66.4 Å². The summed E-state index contributed by atoms with van der Waals surface area (Å²) in [4.78, 5) is 23.0. The monoisotopic (exact) mass is 299 g/mol. The van der Waals surface area contributed by atoms with Gasteiger partial charge in [0.2, 0.25) is 0 Å². The quantitative estimate of drug-likeness (QED) is 0.911. The van der Waals surface area contributed by atoms with Gasteiger partial charge in [-0.25, -0.2) is 9.18 Å². The fourth-order valence-corrected chi connectivity index (χ4v) is 2.21. The van der Waals surface area contributed by atoms with Crippen LogP contribution in [0.5, 0.6) is 0 Å².